The summed E-state index contributed by atoms with van der Waals surface area (Å²) in [5, 5.41) is 13.6. The Kier molecular flexibility index (Phi) is 5.13. The monoisotopic (exact) mass is 306 g/mol. The molecule has 1 amide bonds. The molecule has 2 atom stereocenters. The number of quaternary nitrogens is 1. The van der Waals surface area contributed by atoms with Crippen molar-refractivity contribution < 1.29 is 14.6 Å². The lowest BCUT2D eigenvalue weighted by molar-refractivity contribution is -0.904. The molecule has 6 heteroatoms. The van der Waals surface area contributed by atoms with Crippen LogP contribution in [0.15, 0.2) is 18.2 Å². The molecule has 0 aliphatic carbocycles. The van der Waals surface area contributed by atoms with Gasteiger partial charge in [0.25, 0.3) is 11.6 Å². The van der Waals surface area contributed by atoms with Crippen molar-refractivity contribution in [2.75, 3.05) is 25.0 Å². The molecule has 2 rings (SSSR count). The molecule has 0 unspecified atom stereocenters. The molecule has 120 valence electrons. The predicted molar refractivity (Wildman–Crippen MR) is 85.0 cm³/mol. The largest absolute Gasteiger partial charge is 0.327 e. The van der Waals surface area contributed by atoms with Crippen LogP contribution in [-0.4, -0.2) is 30.5 Å². The van der Waals surface area contributed by atoms with Crippen molar-refractivity contribution in [1.29, 1.82) is 0 Å². The number of aryl methyl sites for hydroxylation is 1. The van der Waals surface area contributed by atoms with E-state index >= 15 is 0 Å². The van der Waals surface area contributed by atoms with Gasteiger partial charge in [0, 0.05) is 24.0 Å². The second-order valence-corrected chi connectivity index (χ2v) is 6.59. The van der Waals surface area contributed by atoms with E-state index in [4.69, 9.17) is 0 Å². The van der Waals surface area contributed by atoms with Crippen LogP contribution in [0.3, 0.4) is 0 Å². The lowest BCUT2D eigenvalue weighted by Crippen LogP contribution is -3.15. The van der Waals surface area contributed by atoms with Crippen LogP contribution in [0.5, 0.6) is 0 Å². The van der Waals surface area contributed by atoms with Crippen molar-refractivity contribution in [3.8, 4) is 0 Å². The molecule has 0 bridgehead atoms. The van der Waals surface area contributed by atoms with E-state index in [0.29, 0.717) is 24.1 Å². The molecule has 1 heterocycles. The third-order valence-corrected chi connectivity index (χ3v) is 4.20. The molecule has 0 saturated carbocycles. The minimum atomic E-state index is -0.450. The molecule has 1 aromatic rings. The summed E-state index contributed by atoms with van der Waals surface area (Å²) in [5.41, 5.74) is 1.35. The summed E-state index contributed by atoms with van der Waals surface area (Å²) in [7, 11) is 0. The molecule has 1 saturated heterocycles. The molecule has 22 heavy (non-hydrogen) atoms. The van der Waals surface area contributed by atoms with Gasteiger partial charge in [-0.1, -0.05) is 19.9 Å². The smallest absolute Gasteiger partial charge is 0.279 e. The first-order valence-electron chi connectivity index (χ1n) is 7.73. The van der Waals surface area contributed by atoms with Gasteiger partial charge in [0.05, 0.1) is 23.7 Å². The second-order valence-electron chi connectivity index (χ2n) is 6.59. The zero-order valence-electron chi connectivity index (χ0n) is 13.4. The highest BCUT2D eigenvalue weighted by Gasteiger charge is 2.26. The summed E-state index contributed by atoms with van der Waals surface area (Å²) in [6.45, 7) is 8.70. The fourth-order valence-corrected chi connectivity index (χ4v) is 3.35. The standard InChI is InChI=1S/C16H23N3O3/c1-11-6-12(2)9-18(8-11)10-16(20)17-15-7-14(19(21)22)5-4-13(15)3/h4-5,7,11-12H,6,8-10H2,1-3H3,(H,17,20)/p+1/t11-,12-/m0/s1. The number of rotatable bonds is 4. The summed E-state index contributed by atoms with van der Waals surface area (Å²) in [4.78, 5) is 23.9. The number of hydrogen-bond donors (Lipinski definition) is 2. The van der Waals surface area contributed by atoms with Gasteiger partial charge in [-0.15, -0.1) is 0 Å². The number of nitro benzene ring substituents is 1. The number of anilines is 1. The molecular weight excluding hydrogens is 282 g/mol. The number of piperidine rings is 1. The zero-order valence-corrected chi connectivity index (χ0v) is 13.4. The van der Waals surface area contributed by atoms with E-state index < -0.39 is 4.92 Å². The van der Waals surface area contributed by atoms with Crippen LogP contribution in [0.25, 0.3) is 0 Å². The van der Waals surface area contributed by atoms with Gasteiger partial charge < -0.3 is 10.2 Å². The average Bonchev–Trinajstić information content (AvgIpc) is 2.39. The van der Waals surface area contributed by atoms with Gasteiger partial charge >= 0.3 is 0 Å². The van der Waals surface area contributed by atoms with E-state index in [2.05, 4.69) is 19.2 Å². The van der Waals surface area contributed by atoms with Gasteiger partial charge in [0.15, 0.2) is 6.54 Å². The number of amides is 1. The SMILES string of the molecule is Cc1ccc([N+](=O)[O-])cc1NC(=O)C[NH+]1C[C@@H](C)C[C@H](C)C1. The first-order valence-corrected chi connectivity index (χ1v) is 7.73. The second kappa shape index (κ2) is 6.87. The van der Waals surface area contributed by atoms with Gasteiger partial charge in [0.2, 0.25) is 0 Å². The number of benzene rings is 1. The van der Waals surface area contributed by atoms with Crippen LogP contribution in [0.2, 0.25) is 0 Å². The summed E-state index contributed by atoms with van der Waals surface area (Å²) in [5.74, 6) is 1.18. The Morgan fingerprint density at radius 1 is 1.36 bits per heavy atom. The number of hydrogen-bond acceptors (Lipinski definition) is 3. The Labute approximate surface area is 130 Å². The molecule has 0 spiro atoms. The molecule has 1 aromatic carbocycles. The van der Waals surface area contributed by atoms with Crippen LogP contribution in [-0.2, 0) is 4.79 Å². The van der Waals surface area contributed by atoms with E-state index in [1.165, 1.54) is 23.5 Å². The number of carbonyl (C=O) groups excluding carboxylic acids is 1. The van der Waals surface area contributed by atoms with Crippen molar-refractivity contribution in [2.45, 2.75) is 27.2 Å². The third-order valence-electron chi connectivity index (χ3n) is 4.20. The fraction of sp³-hybridized carbons (Fsp3) is 0.562. The highest BCUT2D eigenvalue weighted by Crippen LogP contribution is 2.21. The molecule has 1 fully saturated rings. The number of non-ortho nitro benzene ring substituents is 1. The van der Waals surface area contributed by atoms with Gasteiger partial charge in [-0.05, 0) is 18.9 Å². The fourth-order valence-electron chi connectivity index (χ4n) is 3.35. The van der Waals surface area contributed by atoms with Crippen LogP contribution in [0.1, 0.15) is 25.8 Å². The summed E-state index contributed by atoms with van der Waals surface area (Å²) < 4.78 is 0. The topological polar surface area (TPSA) is 76.7 Å². The predicted octanol–water partition coefficient (Wildman–Crippen LogP) is 1.40. The molecule has 1 aliphatic heterocycles. The number of nitrogens with zero attached hydrogens (tertiary/aromatic N) is 1. The molecule has 0 radical (unpaired) electrons. The first-order chi connectivity index (χ1) is 10.3. The van der Waals surface area contributed by atoms with Crippen LogP contribution >= 0.6 is 0 Å². The minimum absolute atomic E-state index is 0.00605. The van der Waals surface area contributed by atoms with Gasteiger partial charge in [-0.25, -0.2) is 0 Å². The first kappa shape index (κ1) is 16.4. The Morgan fingerprint density at radius 3 is 2.59 bits per heavy atom. The third kappa shape index (κ3) is 4.27. The Hall–Kier alpha value is -1.95. The normalized spacial score (nSPS) is 24.8. The Morgan fingerprint density at radius 2 is 2.00 bits per heavy atom. The highest BCUT2D eigenvalue weighted by atomic mass is 16.6. The molecule has 2 N–H and O–H groups in total. The maximum atomic E-state index is 12.2. The zero-order chi connectivity index (χ0) is 16.3. The summed E-state index contributed by atoms with van der Waals surface area (Å²) >= 11 is 0. The number of likely N-dealkylation sites (tertiary alicyclic amines) is 1. The lowest BCUT2D eigenvalue weighted by atomic mass is 9.92. The average molecular weight is 306 g/mol. The number of nitrogens with one attached hydrogen (secondary N) is 2. The van der Waals surface area contributed by atoms with Gasteiger partial charge in [-0.2, -0.15) is 0 Å². The number of carbonyl (C=O) groups is 1. The van der Waals surface area contributed by atoms with Crippen molar-refractivity contribution in [1.82, 2.24) is 0 Å². The molecule has 6 nitrogen and oxygen atoms in total. The van der Waals surface area contributed by atoms with Crippen molar-refractivity contribution in [2.24, 2.45) is 11.8 Å². The number of nitro groups is 1. The molecule has 0 aromatic heterocycles. The van der Waals surface area contributed by atoms with Crippen molar-refractivity contribution >= 4 is 17.3 Å². The maximum absolute atomic E-state index is 12.2. The maximum Gasteiger partial charge on any atom is 0.279 e. The quantitative estimate of drug-likeness (QED) is 0.652. The summed E-state index contributed by atoms with van der Waals surface area (Å²) in [6, 6.07) is 4.53. The molecule has 1 aliphatic rings. The van der Waals surface area contributed by atoms with E-state index in [0.717, 1.165) is 18.7 Å². The Bertz CT molecular complexity index is 564. The van der Waals surface area contributed by atoms with E-state index in [-0.39, 0.29) is 11.6 Å². The Balaban J connectivity index is 2.00. The van der Waals surface area contributed by atoms with Crippen molar-refractivity contribution in [3.63, 3.8) is 0 Å². The van der Waals surface area contributed by atoms with Crippen molar-refractivity contribution in [3.05, 3.63) is 33.9 Å². The minimum Gasteiger partial charge on any atom is -0.327 e. The van der Waals surface area contributed by atoms with Crippen LogP contribution < -0.4 is 10.2 Å². The van der Waals surface area contributed by atoms with E-state index in [9.17, 15) is 14.9 Å². The van der Waals surface area contributed by atoms with E-state index in [1.807, 2.05) is 6.92 Å². The van der Waals surface area contributed by atoms with Gasteiger partial charge in [-0.3, -0.25) is 14.9 Å². The highest BCUT2D eigenvalue weighted by molar-refractivity contribution is 5.92. The van der Waals surface area contributed by atoms with Gasteiger partial charge in [0.1, 0.15) is 0 Å². The summed E-state index contributed by atoms with van der Waals surface area (Å²) in [6.07, 6.45) is 1.22. The lowest BCUT2D eigenvalue weighted by Gasteiger charge is -2.31. The molecular formula is C16H24N3O3+. The van der Waals surface area contributed by atoms with E-state index in [1.54, 1.807) is 6.07 Å². The van der Waals surface area contributed by atoms with Crippen LogP contribution in [0.4, 0.5) is 11.4 Å². The van der Waals surface area contributed by atoms with Crippen LogP contribution in [0, 0.1) is 28.9 Å².